The minimum Gasteiger partial charge on any atom is -0.341 e. The van der Waals surface area contributed by atoms with Gasteiger partial charge in [-0.2, -0.15) is 0 Å². The van der Waals surface area contributed by atoms with Crippen molar-refractivity contribution in [1.29, 1.82) is 0 Å². The Morgan fingerprint density at radius 3 is 2.71 bits per heavy atom. The fourth-order valence-corrected chi connectivity index (χ4v) is 9.39. The van der Waals surface area contributed by atoms with Crippen LogP contribution in [0.4, 0.5) is 0 Å². The summed E-state index contributed by atoms with van der Waals surface area (Å²) in [4.78, 5) is 17.4. The highest BCUT2D eigenvalue weighted by atomic mass is 16.2. The van der Waals surface area contributed by atoms with Gasteiger partial charge in [0.15, 0.2) is 0 Å². The molecule has 0 aromatic carbocycles. The zero-order valence-electron chi connectivity index (χ0n) is 20.6. The molecule has 0 aromatic rings. The Labute approximate surface area is 190 Å². The van der Waals surface area contributed by atoms with Crippen molar-refractivity contribution in [1.82, 2.24) is 9.80 Å². The standard InChI is InChI=1S/C27H45N3O/c1-6-24(28)25(31)30(5)19-11-13-26(3)18(15-19)7-8-20-22(26)12-14-27-16-29(4)17(2)21(27)9-10-23(20)27/h7,17,19-24H,6,8-16,28H2,1-5H3/t17-,19-,20+,21+,22?,23-,24-,26-,27-/m0/s1. The maximum absolute atomic E-state index is 12.7. The number of likely N-dealkylation sites (tertiary alicyclic amines) is 1. The third kappa shape index (κ3) is 3.03. The molecule has 0 radical (unpaired) electrons. The maximum Gasteiger partial charge on any atom is 0.239 e. The molecule has 4 nitrogen and oxygen atoms in total. The number of nitrogens with zero attached hydrogens (tertiary/aromatic N) is 2. The molecule has 4 fully saturated rings. The van der Waals surface area contributed by atoms with Crippen LogP contribution >= 0.6 is 0 Å². The van der Waals surface area contributed by atoms with Crippen LogP contribution in [0.2, 0.25) is 0 Å². The van der Waals surface area contributed by atoms with Crippen LogP contribution in [0.15, 0.2) is 11.6 Å². The number of hydrogen-bond acceptors (Lipinski definition) is 3. The number of nitrogens with two attached hydrogens (primary N) is 1. The number of hydrogen-bond donors (Lipinski definition) is 1. The lowest BCUT2D eigenvalue weighted by Crippen LogP contribution is -2.54. The highest BCUT2D eigenvalue weighted by molar-refractivity contribution is 5.81. The van der Waals surface area contributed by atoms with E-state index >= 15 is 0 Å². The van der Waals surface area contributed by atoms with Crippen molar-refractivity contribution >= 4 is 5.91 Å². The molecule has 1 saturated heterocycles. The van der Waals surface area contributed by atoms with E-state index in [4.69, 9.17) is 5.73 Å². The van der Waals surface area contributed by atoms with Crippen molar-refractivity contribution in [2.24, 2.45) is 40.2 Å². The first-order chi connectivity index (χ1) is 14.7. The lowest BCUT2D eigenvalue weighted by Gasteiger charge is -2.58. The molecular formula is C27H45N3O. The number of carbonyl (C=O) groups excluding carboxylic acids is 1. The molecule has 0 aromatic heterocycles. The number of allylic oxidation sites excluding steroid dienone is 1. The number of carbonyl (C=O) groups is 1. The van der Waals surface area contributed by atoms with Gasteiger partial charge in [0, 0.05) is 25.7 Å². The summed E-state index contributed by atoms with van der Waals surface area (Å²) >= 11 is 0. The third-order valence-electron chi connectivity index (χ3n) is 11.3. The average molecular weight is 428 g/mol. The molecule has 31 heavy (non-hydrogen) atoms. The summed E-state index contributed by atoms with van der Waals surface area (Å²) < 4.78 is 0. The van der Waals surface area contributed by atoms with Crippen LogP contribution < -0.4 is 5.73 Å². The van der Waals surface area contributed by atoms with Gasteiger partial charge < -0.3 is 15.5 Å². The van der Waals surface area contributed by atoms with Crippen molar-refractivity contribution in [3.8, 4) is 0 Å². The lowest BCUT2D eigenvalue weighted by molar-refractivity contribution is -0.134. The average Bonchev–Trinajstić information content (AvgIpc) is 3.25. The highest BCUT2D eigenvalue weighted by Crippen LogP contribution is 2.68. The van der Waals surface area contributed by atoms with E-state index in [9.17, 15) is 4.79 Å². The van der Waals surface area contributed by atoms with Crippen molar-refractivity contribution in [3.05, 3.63) is 11.6 Å². The summed E-state index contributed by atoms with van der Waals surface area (Å²) in [6.07, 6.45) is 13.9. The maximum atomic E-state index is 12.7. The minimum atomic E-state index is -0.347. The Morgan fingerprint density at radius 2 is 1.97 bits per heavy atom. The smallest absolute Gasteiger partial charge is 0.239 e. The molecule has 1 spiro atoms. The van der Waals surface area contributed by atoms with Crippen molar-refractivity contribution in [2.75, 3.05) is 20.6 Å². The normalized spacial score (nSPS) is 47.6. The summed E-state index contributed by atoms with van der Waals surface area (Å²) in [5.74, 6) is 3.72. The van der Waals surface area contributed by atoms with Gasteiger partial charge in [0.1, 0.15) is 0 Å². The van der Waals surface area contributed by atoms with E-state index in [1.807, 2.05) is 18.9 Å². The Balaban J connectivity index is 1.36. The molecule has 1 aliphatic heterocycles. The van der Waals surface area contributed by atoms with Gasteiger partial charge in [-0.05, 0) is 106 Å². The first kappa shape index (κ1) is 21.9. The predicted octanol–water partition coefficient (Wildman–Crippen LogP) is 4.44. The molecule has 174 valence electrons. The predicted molar refractivity (Wildman–Crippen MR) is 126 cm³/mol. The van der Waals surface area contributed by atoms with E-state index in [1.54, 1.807) is 5.57 Å². The molecule has 4 aliphatic carbocycles. The van der Waals surface area contributed by atoms with Gasteiger partial charge in [-0.15, -0.1) is 0 Å². The van der Waals surface area contributed by atoms with Crippen LogP contribution in [0.1, 0.15) is 78.6 Å². The van der Waals surface area contributed by atoms with Crippen LogP contribution in [0, 0.1) is 34.5 Å². The van der Waals surface area contributed by atoms with Gasteiger partial charge >= 0.3 is 0 Å². The molecule has 3 saturated carbocycles. The Morgan fingerprint density at radius 1 is 1.23 bits per heavy atom. The fourth-order valence-electron chi connectivity index (χ4n) is 9.39. The second-order valence-electron chi connectivity index (χ2n) is 12.2. The molecule has 4 heteroatoms. The largest absolute Gasteiger partial charge is 0.341 e. The summed E-state index contributed by atoms with van der Waals surface area (Å²) in [5, 5.41) is 0. The number of rotatable bonds is 3. The number of amides is 1. The molecule has 2 N–H and O–H groups in total. The zero-order chi connectivity index (χ0) is 22.1. The summed E-state index contributed by atoms with van der Waals surface area (Å²) in [5.41, 5.74) is 8.70. The highest BCUT2D eigenvalue weighted by Gasteiger charge is 2.64. The Bertz CT molecular complexity index is 764. The second-order valence-corrected chi connectivity index (χ2v) is 12.2. The molecule has 0 bridgehead atoms. The summed E-state index contributed by atoms with van der Waals surface area (Å²) in [6.45, 7) is 8.41. The monoisotopic (exact) mass is 427 g/mol. The zero-order valence-corrected chi connectivity index (χ0v) is 20.6. The van der Waals surface area contributed by atoms with Crippen LogP contribution in [0.5, 0.6) is 0 Å². The van der Waals surface area contributed by atoms with Crippen LogP contribution in [0.25, 0.3) is 0 Å². The fraction of sp³-hybridized carbons (Fsp3) is 0.889. The van der Waals surface area contributed by atoms with Gasteiger partial charge in [-0.1, -0.05) is 25.5 Å². The molecule has 1 heterocycles. The van der Waals surface area contributed by atoms with E-state index < -0.39 is 0 Å². The van der Waals surface area contributed by atoms with E-state index in [0.29, 0.717) is 16.9 Å². The molecule has 5 aliphatic rings. The first-order valence-corrected chi connectivity index (χ1v) is 13.1. The molecule has 9 atom stereocenters. The number of fused-ring (bicyclic) bond motifs is 4. The quantitative estimate of drug-likeness (QED) is 0.677. The third-order valence-corrected chi connectivity index (χ3v) is 11.3. The Kier molecular flexibility index (Phi) is 5.37. The lowest BCUT2D eigenvalue weighted by atomic mass is 9.47. The van der Waals surface area contributed by atoms with Gasteiger partial charge in [-0.3, -0.25) is 4.79 Å². The van der Waals surface area contributed by atoms with Crippen LogP contribution in [-0.4, -0.2) is 54.5 Å². The van der Waals surface area contributed by atoms with Crippen LogP contribution in [-0.2, 0) is 4.79 Å². The van der Waals surface area contributed by atoms with E-state index in [0.717, 1.165) is 49.0 Å². The van der Waals surface area contributed by atoms with Crippen molar-refractivity contribution in [3.63, 3.8) is 0 Å². The summed E-state index contributed by atoms with van der Waals surface area (Å²) in [7, 11) is 4.35. The molecule has 1 unspecified atom stereocenters. The molecular weight excluding hydrogens is 382 g/mol. The van der Waals surface area contributed by atoms with Gasteiger partial charge in [0.2, 0.25) is 5.91 Å². The van der Waals surface area contributed by atoms with Gasteiger partial charge in [0.05, 0.1) is 6.04 Å². The van der Waals surface area contributed by atoms with Crippen molar-refractivity contribution < 1.29 is 4.79 Å². The minimum absolute atomic E-state index is 0.126. The first-order valence-electron chi connectivity index (χ1n) is 13.1. The number of likely N-dealkylation sites (N-methyl/N-ethyl adjacent to an activating group) is 1. The van der Waals surface area contributed by atoms with E-state index in [2.05, 4.69) is 31.9 Å². The Hall–Kier alpha value is -0.870. The van der Waals surface area contributed by atoms with E-state index in [-0.39, 0.29) is 11.9 Å². The summed E-state index contributed by atoms with van der Waals surface area (Å²) in [6, 6.07) is 0.751. The topological polar surface area (TPSA) is 49.6 Å². The van der Waals surface area contributed by atoms with Crippen molar-refractivity contribution in [2.45, 2.75) is 96.7 Å². The van der Waals surface area contributed by atoms with Crippen LogP contribution in [0.3, 0.4) is 0 Å². The SMILES string of the molecule is CC[C@H](N)C(=O)N(C)[C@H]1CC[C@@]2(C)C(=CC[C@@H]3C2CC[C@]24CN(C)[C@@H](C)[C@H]2CC[C@@H]34)C1. The van der Waals surface area contributed by atoms with Gasteiger partial charge in [0.25, 0.3) is 0 Å². The second kappa shape index (κ2) is 7.58. The van der Waals surface area contributed by atoms with Gasteiger partial charge in [-0.25, -0.2) is 0 Å². The van der Waals surface area contributed by atoms with E-state index in [1.165, 1.54) is 45.1 Å². The molecule has 1 amide bonds. The molecule has 5 rings (SSSR count).